The molecule has 12 aromatic rings. The number of para-hydroxylation sites is 4. The predicted molar refractivity (Wildman–Crippen MR) is 412 cm³/mol. The van der Waals surface area contributed by atoms with Crippen LogP contribution in [0.4, 0.5) is 5.82 Å². The summed E-state index contributed by atoms with van der Waals surface area (Å²) in [5.41, 5.74) is 30.9. The number of benzene rings is 4. The van der Waals surface area contributed by atoms with Crippen molar-refractivity contribution in [3.05, 3.63) is 239 Å². The minimum atomic E-state index is -0.127. The molecule has 3 atom stereocenters. The number of carbonyl (C=O) groups is 4. The molecule has 8 aromatic heterocycles. The minimum Gasteiger partial charge on any atom is -0.369 e. The Kier molecular flexibility index (Phi) is 30.1. The van der Waals surface area contributed by atoms with Gasteiger partial charge >= 0.3 is 0 Å². The Labute approximate surface area is 605 Å². The Balaban J connectivity index is 0.000000204. The Bertz CT molecular complexity index is 4670. The number of nitrogens with two attached hydrogens (primary N) is 3. The largest absolute Gasteiger partial charge is 0.369 e. The summed E-state index contributed by atoms with van der Waals surface area (Å²) in [6.07, 6.45) is 16.5. The van der Waals surface area contributed by atoms with Crippen LogP contribution in [-0.4, -0.2) is 138 Å². The molecule has 0 fully saturated rings. The summed E-state index contributed by atoms with van der Waals surface area (Å²) >= 11 is 5.73. The molecule has 0 bridgehead atoms. The van der Waals surface area contributed by atoms with Gasteiger partial charge in [-0.25, -0.2) is 39.9 Å². The lowest BCUT2D eigenvalue weighted by Crippen LogP contribution is -2.18. The van der Waals surface area contributed by atoms with E-state index >= 15 is 0 Å². The summed E-state index contributed by atoms with van der Waals surface area (Å²) in [5, 5.41) is 17.8. The number of hydrogen-bond donors (Lipinski definition) is 8. The van der Waals surface area contributed by atoms with Gasteiger partial charge in [0.25, 0.3) is 23.6 Å². The zero-order chi connectivity index (χ0) is 71.1. The highest BCUT2D eigenvalue weighted by Gasteiger charge is 2.19. The summed E-state index contributed by atoms with van der Waals surface area (Å²) in [4.78, 5) is 98.4. The number of aryl methyl sites for hydroxylation is 2. The van der Waals surface area contributed by atoms with Gasteiger partial charge in [0.2, 0.25) is 0 Å². The van der Waals surface area contributed by atoms with Crippen LogP contribution in [0.1, 0.15) is 114 Å². The number of amides is 4. The smallest absolute Gasteiger partial charge is 0.251 e. The lowest BCUT2D eigenvalue weighted by Gasteiger charge is -2.16. The van der Waals surface area contributed by atoms with E-state index in [2.05, 4.69) is 114 Å². The monoisotopic (exact) mass is 1410 g/mol. The van der Waals surface area contributed by atoms with Gasteiger partial charge < -0.3 is 43.8 Å². The second kappa shape index (κ2) is 38.5. The van der Waals surface area contributed by atoms with Crippen LogP contribution < -0.4 is 43.8 Å². The van der Waals surface area contributed by atoms with Crippen molar-refractivity contribution in [2.75, 3.05) is 59.7 Å². The van der Waals surface area contributed by atoms with Crippen LogP contribution in [0.3, 0.4) is 0 Å². The van der Waals surface area contributed by atoms with Gasteiger partial charge in [0.05, 0.1) is 55.7 Å². The molecule has 0 saturated carbocycles. The van der Waals surface area contributed by atoms with Crippen molar-refractivity contribution in [3.8, 4) is 22.5 Å². The van der Waals surface area contributed by atoms with E-state index in [1.165, 1.54) is 12.7 Å². The van der Waals surface area contributed by atoms with Gasteiger partial charge in [0.1, 0.15) is 35.3 Å². The van der Waals surface area contributed by atoms with Gasteiger partial charge in [-0.3, -0.25) is 39.1 Å². The molecule has 0 aliphatic heterocycles. The van der Waals surface area contributed by atoms with E-state index in [0.29, 0.717) is 59.4 Å². The van der Waals surface area contributed by atoms with Crippen LogP contribution in [0.2, 0.25) is 5.15 Å². The molecule has 4 amide bonds. The van der Waals surface area contributed by atoms with E-state index in [-0.39, 0.29) is 68.4 Å². The number of nitrogens with one attached hydrogen (secondary N) is 5. The van der Waals surface area contributed by atoms with Crippen molar-refractivity contribution in [3.63, 3.8) is 0 Å². The molecule has 0 radical (unpaired) electrons. The minimum absolute atomic E-state index is 0. The number of aromatic nitrogens is 12. The molecule has 11 N–H and O–H groups in total. The summed E-state index contributed by atoms with van der Waals surface area (Å²) in [6.45, 7) is 16.0. The quantitative estimate of drug-likeness (QED) is 0.0417. The summed E-state index contributed by atoms with van der Waals surface area (Å²) in [5.74, 6) is 2.31. The Morgan fingerprint density at radius 2 is 0.782 bits per heavy atom. The third-order valence-electron chi connectivity index (χ3n) is 16.0. The van der Waals surface area contributed by atoms with Gasteiger partial charge in [0, 0.05) is 147 Å². The maximum absolute atomic E-state index is 12.2. The number of hydrogen-bond acceptors (Lipinski definition) is 20. The average molecular weight is 1420 g/mol. The van der Waals surface area contributed by atoms with Gasteiger partial charge in [-0.15, -0.1) is 0 Å². The highest BCUT2D eigenvalue weighted by atomic mass is 35.5. The average Bonchev–Trinajstić information content (AvgIpc) is 0.812. The number of anilines is 1. The highest BCUT2D eigenvalue weighted by Crippen LogP contribution is 2.30. The maximum atomic E-state index is 12.2. The Morgan fingerprint density at radius 3 is 1.15 bits per heavy atom. The molecule has 12 rings (SSSR count). The molecule has 27 heteroatoms. The van der Waals surface area contributed by atoms with Gasteiger partial charge in [-0.1, -0.05) is 112 Å². The fourth-order valence-corrected chi connectivity index (χ4v) is 10.6. The van der Waals surface area contributed by atoms with Crippen molar-refractivity contribution in [2.24, 2.45) is 17.2 Å². The van der Waals surface area contributed by atoms with Gasteiger partial charge in [0.15, 0.2) is 0 Å². The first-order chi connectivity index (χ1) is 47.9. The number of pyridine rings is 4. The lowest BCUT2D eigenvalue weighted by atomic mass is 9.96. The van der Waals surface area contributed by atoms with Crippen LogP contribution in [0, 0.1) is 13.8 Å². The molecular weight excluding hydrogens is 1330 g/mol. The lowest BCUT2D eigenvalue weighted by molar-refractivity contribution is 0.0956. The van der Waals surface area contributed by atoms with Crippen LogP contribution in [0.25, 0.3) is 71.7 Å². The summed E-state index contributed by atoms with van der Waals surface area (Å²) in [6, 6.07) is 33.8. The molecule has 0 saturated heterocycles. The van der Waals surface area contributed by atoms with E-state index < -0.39 is 0 Å². The van der Waals surface area contributed by atoms with Crippen molar-refractivity contribution in [1.82, 2.24) is 81.1 Å². The predicted octanol–water partition coefficient (Wildman–Crippen LogP) is 10.4. The third-order valence-corrected chi connectivity index (χ3v) is 16.2. The number of rotatable bonds is 16. The molecule has 1 unspecified atom stereocenters. The summed E-state index contributed by atoms with van der Waals surface area (Å²) in [7, 11) is 6.49. The van der Waals surface area contributed by atoms with E-state index in [1.54, 1.807) is 108 Å². The Hall–Kier alpha value is -10.9. The highest BCUT2D eigenvalue weighted by molar-refractivity contribution is 7.59. The molecule has 4 aromatic carbocycles. The molecule has 8 heterocycles. The molecule has 522 valence electrons. The number of carbonyl (C=O) groups excluding carboxylic acids is 4. The molecule has 101 heavy (non-hydrogen) atoms. The third kappa shape index (κ3) is 20.0. The number of nitrogens with zero attached hydrogens (tertiary/aromatic N) is 12. The molecule has 0 aliphatic rings. The molecule has 24 nitrogen and oxygen atoms in total. The van der Waals surface area contributed by atoms with Crippen LogP contribution in [0.5, 0.6) is 0 Å². The SMILES string of the molecule is C=C(CN)c1cccc2c(C(=O)NC)ccnc12.CNC(=O)c1ccnc2c(C(C)CN)cccc12.CNC(=O)c1ccnc2c([C@H](C)CN)cccc12.CNC(=O)c1ccnc2c([C@H](C)CNc3cc(-c4cnc(C)nc4)ncn3)cccc12.Cc1ncc(-c2cc(Cl)ncn2)cn1.S.S. The first kappa shape index (κ1) is 79.1. The second-order valence-electron chi connectivity index (χ2n) is 22.6. The van der Waals surface area contributed by atoms with Crippen molar-refractivity contribution >= 4 is 117 Å². The van der Waals surface area contributed by atoms with E-state index in [9.17, 15) is 19.2 Å². The fourth-order valence-electron chi connectivity index (χ4n) is 10.5. The fraction of sp³-hybridized carbons (Fsp3) is 0.216. The van der Waals surface area contributed by atoms with E-state index in [0.717, 1.165) is 106 Å². The standard InChI is InChI=1S/C23H23N7O.2C14H17N3O.C14H15N3O.C9H7ClN4.2H2S/c1-14(17-5-4-6-18-19(23(31)24-3)7-8-25-22(17)18)10-28-21-9-20(29-13-30-21)16-11-26-15(2)27-12-16;3*1-9(8-15)10-4-3-5-11-12(14(18)16-2)6-7-17-13(10)11;1-6-11-3-7(4-12-6)8-2-9(10)14-5-13-8;;/h4-9,11-14H,10H2,1-3H3,(H,24,31)(H,28,29,30);2*3-7,9H,8,15H2,1-2H3,(H,16,18);3-7H,1,8,15H2,2H3,(H,16,18);2-5H,1H3;2*1H2/t14-;9-;;;;;/m11...../s1. The normalized spacial score (nSPS) is 11.3. The zero-order valence-corrected chi connectivity index (χ0v) is 60.3. The number of halogens is 1. The van der Waals surface area contributed by atoms with Gasteiger partial charge in [-0.05, 0) is 85.3 Å². The van der Waals surface area contributed by atoms with Crippen LogP contribution in [-0.2, 0) is 0 Å². The van der Waals surface area contributed by atoms with Crippen LogP contribution in [0.15, 0.2) is 178 Å². The second-order valence-corrected chi connectivity index (χ2v) is 23.0. The zero-order valence-electron chi connectivity index (χ0n) is 57.5. The van der Waals surface area contributed by atoms with Gasteiger partial charge in [-0.2, -0.15) is 27.0 Å². The first-order valence-electron chi connectivity index (χ1n) is 31.7. The maximum Gasteiger partial charge on any atom is 0.251 e. The van der Waals surface area contributed by atoms with E-state index in [1.807, 2.05) is 92.7 Å². The van der Waals surface area contributed by atoms with E-state index in [4.69, 9.17) is 28.8 Å². The number of fused-ring (bicyclic) bond motifs is 4. The molecule has 0 aliphatic carbocycles. The van der Waals surface area contributed by atoms with Crippen molar-refractivity contribution < 1.29 is 19.2 Å². The van der Waals surface area contributed by atoms with Crippen molar-refractivity contribution in [2.45, 2.75) is 52.4 Å². The molecular formula is C74H83ClN20O4S2. The topological polar surface area (TPSA) is 361 Å². The summed E-state index contributed by atoms with van der Waals surface area (Å²) < 4.78 is 0. The van der Waals surface area contributed by atoms with Crippen molar-refractivity contribution in [1.29, 1.82) is 0 Å². The van der Waals surface area contributed by atoms with Crippen LogP contribution >= 0.6 is 38.6 Å². The molecule has 0 spiro atoms. The first-order valence-corrected chi connectivity index (χ1v) is 32.0. The Morgan fingerprint density at radius 1 is 0.436 bits per heavy atom.